The Hall–Kier alpha value is -2.48. The minimum atomic E-state index is -0.907. The molecule has 128 valence electrons. The number of hydrogen-bond acceptors (Lipinski definition) is 6. The number of carboxylic acids is 1. The molecule has 7 nitrogen and oxygen atoms in total. The van der Waals surface area contributed by atoms with Gasteiger partial charge in [0, 0.05) is 12.6 Å². The van der Waals surface area contributed by atoms with Gasteiger partial charge < -0.3 is 14.6 Å². The maximum Gasteiger partial charge on any atom is 0.313 e. The van der Waals surface area contributed by atoms with E-state index in [0.717, 1.165) is 11.8 Å². The summed E-state index contributed by atoms with van der Waals surface area (Å²) in [5.41, 5.74) is 0. The van der Waals surface area contributed by atoms with Crippen molar-refractivity contribution in [1.82, 2.24) is 14.8 Å². The number of benzene rings is 1. The first-order valence-corrected chi connectivity index (χ1v) is 8.23. The van der Waals surface area contributed by atoms with Crippen LogP contribution >= 0.6 is 11.8 Å². The fourth-order valence-corrected chi connectivity index (χ4v) is 2.74. The lowest BCUT2D eigenvalue weighted by Crippen LogP contribution is -2.12. The van der Waals surface area contributed by atoms with Gasteiger partial charge in [0.25, 0.3) is 0 Å². The standard InChI is InChI=1S/C16H19N3O4S/c1-4-8-19-15(17-18-16(19)24-10-14(20)21)11(2)23-13-7-5-6-12(9-13)22-3/h4-7,9,11H,1,8,10H2,2-3H3,(H,20,21). The summed E-state index contributed by atoms with van der Waals surface area (Å²) >= 11 is 1.11. The van der Waals surface area contributed by atoms with Crippen LogP contribution in [0.15, 0.2) is 42.1 Å². The fourth-order valence-electron chi connectivity index (χ4n) is 2.07. The molecule has 0 aliphatic rings. The molecule has 8 heteroatoms. The van der Waals surface area contributed by atoms with Gasteiger partial charge in [0.1, 0.15) is 11.5 Å². The molecule has 2 rings (SSSR count). The number of methoxy groups -OCH3 is 1. The first-order valence-electron chi connectivity index (χ1n) is 7.24. The Labute approximate surface area is 144 Å². The van der Waals surface area contributed by atoms with Crippen LogP contribution in [-0.2, 0) is 11.3 Å². The molecule has 24 heavy (non-hydrogen) atoms. The largest absolute Gasteiger partial charge is 0.497 e. The smallest absolute Gasteiger partial charge is 0.313 e. The molecule has 2 aromatic rings. The Morgan fingerprint density at radius 3 is 2.88 bits per heavy atom. The Morgan fingerprint density at radius 1 is 1.46 bits per heavy atom. The minimum absolute atomic E-state index is 0.0829. The van der Waals surface area contributed by atoms with E-state index < -0.39 is 5.97 Å². The summed E-state index contributed by atoms with van der Waals surface area (Å²) in [5, 5.41) is 17.6. The van der Waals surface area contributed by atoms with Gasteiger partial charge in [-0.2, -0.15) is 0 Å². The second-order valence-electron chi connectivity index (χ2n) is 4.86. The molecule has 1 atom stereocenters. The average Bonchev–Trinajstić information content (AvgIpc) is 2.96. The normalized spacial score (nSPS) is 11.8. The second kappa shape index (κ2) is 8.39. The number of aliphatic carboxylic acids is 1. The molecule has 0 fully saturated rings. The molecule has 0 saturated heterocycles. The number of nitrogens with zero attached hydrogens (tertiary/aromatic N) is 3. The highest BCUT2D eigenvalue weighted by molar-refractivity contribution is 7.99. The van der Waals surface area contributed by atoms with E-state index in [9.17, 15) is 4.79 Å². The maximum absolute atomic E-state index is 10.7. The number of hydrogen-bond donors (Lipinski definition) is 1. The van der Waals surface area contributed by atoms with Gasteiger partial charge in [-0.25, -0.2) is 0 Å². The second-order valence-corrected chi connectivity index (χ2v) is 5.80. The van der Waals surface area contributed by atoms with Crippen molar-refractivity contribution in [1.29, 1.82) is 0 Å². The molecule has 0 spiro atoms. The van der Waals surface area contributed by atoms with Crippen molar-refractivity contribution in [2.45, 2.75) is 24.7 Å². The number of allylic oxidation sites excluding steroid dienone is 1. The quantitative estimate of drug-likeness (QED) is 0.550. The first kappa shape index (κ1) is 17.9. The number of aromatic nitrogens is 3. The Kier molecular flexibility index (Phi) is 6.25. The van der Waals surface area contributed by atoms with Crippen LogP contribution < -0.4 is 9.47 Å². The Morgan fingerprint density at radius 2 is 2.21 bits per heavy atom. The summed E-state index contributed by atoms with van der Waals surface area (Å²) < 4.78 is 12.9. The highest BCUT2D eigenvalue weighted by Gasteiger charge is 2.19. The molecule has 1 N–H and O–H groups in total. The minimum Gasteiger partial charge on any atom is -0.497 e. The van der Waals surface area contributed by atoms with Crippen LogP contribution in [-0.4, -0.2) is 38.7 Å². The van der Waals surface area contributed by atoms with Gasteiger partial charge in [0.15, 0.2) is 17.1 Å². The van der Waals surface area contributed by atoms with Gasteiger partial charge in [0.05, 0.1) is 12.9 Å². The van der Waals surface area contributed by atoms with Crippen LogP contribution in [0.4, 0.5) is 0 Å². The molecule has 1 aromatic heterocycles. The van der Waals surface area contributed by atoms with Crippen LogP contribution in [0.1, 0.15) is 18.9 Å². The van der Waals surface area contributed by atoms with Crippen LogP contribution in [0.25, 0.3) is 0 Å². The number of carbonyl (C=O) groups is 1. The van der Waals surface area contributed by atoms with E-state index in [1.54, 1.807) is 23.8 Å². The summed E-state index contributed by atoms with van der Waals surface area (Å²) in [6, 6.07) is 7.28. The van der Waals surface area contributed by atoms with Crippen LogP contribution in [0.2, 0.25) is 0 Å². The van der Waals surface area contributed by atoms with E-state index in [1.165, 1.54) is 0 Å². The first-order chi connectivity index (χ1) is 11.5. The molecule has 1 heterocycles. The van der Waals surface area contributed by atoms with Gasteiger partial charge in [-0.05, 0) is 19.1 Å². The highest BCUT2D eigenvalue weighted by atomic mass is 32.2. The number of ether oxygens (including phenoxy) is 2. The lowest BCUT2D eigenvalue weighted by Gasteiger charge is -2.16. The van der Waals surface area contributed by atoms with E-state index >= 15 is 0 Å². The molecule has 1 unspecified atom stereocenters. The number of rotatable bonds is 9. The monoisotopic (exact) mass is 349 g/mol. The zero-order chi connectivity index (χ0) is 17.5. The van der Waals surface area contributed by atoms with E-state index in [4.69, 9.17) is 14.6 Å². The lowest BCUT2D eigenvalue weighted by atomic mass is 10.3. The van der Waals surface area contributed by atoms with Gasteiger partial charge in [-0.3, -0.25) is 9.36 Å². The van der Waals surface area contributed by atoms with Crippen molar-refractivity contribution >= 4 is 17.7 Å². The fraction of sp³-hybridized carbons (Fsp3) is 0.312. The summed E-state index contributed by atoms with van der Waals surface area (Å²) in [7, 11) is 1.59. The topological polar surface area (TPSA) is 86.5 Å². The van der Waals surface area contributed by atoms with Crippen LogP contribution in [0, 0.1) is 0 Å². The molecule has 0 saturated carbocycles. The lowest BCUT2D eigenvalue weighted by molar-refractivity contribution is -0.133. The summed E-state index contributed by atoms with van der Waals surface area (Å²) in [4.78, 5) is 10.7. The predicted octanol–water partition coefficient (Wildman–Crippen LogP) is 2.79. The van der Waals surface area contributed by atoms with Gasteiger partial charge in [0.2, 0.25) is 0 Å². The Balaban J connectivity index is 2.19. The third-order valence-electron chi connectivity index (χ3n) is 3.10. The predicted molar refractivity (Wildman–Crippen MR) is 90.6 cm³/mol. The molecular formula is C16H19N3O4S. The number of thioether (sulfide) groups is 1. The summed E-state index contributed by atoms with van der Waals surface area (Å²) in [5.74, 6) is 0.959. The van der Waals surface area contributed by atoms with Crippen molar-refractivity contribution in [3.63, 3.8) is 0 Å². The molecule has 0 radical (unpaired) electrons. The molecule has 1 aromatic carbocycles. The average molecular weight is 349 g/mol. The zero-order valence-corrected chi connectivity index (χ0v) is 14.3. The maximum atomic E-state index is 10.7. The van der Waals surface area contributed by atoms with Crippen molar-refractivity contribution in [2.24, 2.45) is 0 Å². The van der Waals surface area contributed by atoms with Crippen molar-refractivity contribution in [3.05, 3.63) is 42.7 Å². The van der Waals surface area contributed by atoms with E-state index in [2.05, 4.69) is 16.8 Å². The molecule has 0 aliphatic carbocycles. The molecule has 0 aliphatic heterocycles. The molecule has 0 amide bonds. The highest BCUT2D eigenvalue weighted by Crippen LogP contribution is 2.26. The molecular weight excluding hydrogens is 330 g/mol. The third-order valence-corrected chi connectivity index (χ3v) is 4.05. The van der Waals surface area contributed by atoms with Gasteiger partial charge in [-0.1, -0.05) is 23.9 Å². The summed E-state index contributed by atoms with van der Waals surface area (Å²) in [6.07, 6.45) is 1.33. The van der Waals surface area contributed by atoms with E-state index in [-0.39, 0.29) is 11.9 Å². The van der Waals surface area contributed by atoms with E-state index in [1.807, 2.05) is 25.1 Å². The number of carboxylic acid groups (broad SMARTS) is 1. The Bertz CT molecular complexity index is 717. The van der Waals surface area contributed by atoms with Crippen molar-refractivity contribution in [3.8, 4) is 11.5 Å². The van der Waals surface area contributed by atoms with Gasteiger partial charge >= 0.3 is 5.97 Å². The van der Waals surface area contributed by atoms with Crippen LogP contribution in [0.3, 0.4) is 0 Å². The third kappa shape index (κ3) is 4.51. The van der Waals surface area contributed by atoms with Crippen molar-refractivity contribution in [2.75, 3.05) is 12.9 Å². The molecule has 0 bridgehead atoms. The SMILES string of the molecule is C=CCn1c(SCC(=O)O)nnc1C(C)Oc1cccc(OC)c1. The van der Waals surface area contributed by atoms with Crippen molar-refractivity contribution < 1.29 is 19.4 Å². The van der Waals surface area contributed by atoms with E-state index in [0.29, 0.717) is 29.0 Å². The summed E-state index contributed by atoms with van der Waals surface area (Å²) in [6.45, 7) is 6.04. The zero-order valence-electron chi connectivity index (χ0n) is 13.5. The van der Waals surface area contributed by atoms with Crippen LogP contribution in [0.5, 0.6) is 11.5 Å². The van der Waals surface area contributed by atoms with Gasteiger partial charge in [-0.15, -0.1) is 16.8 Å².